The molecule has 21 heavy (non-hydrogen) atoms. The van der Waals surface area contributed by atoms with Crippen LogP contribution in [-0.4, -0.2) is 33.9 Å². The van der Waals surface area contributed by atoms with Crippen LogP contribution in [0.5, 0.6) is 0 Å². The summed E-state index contributed by atoms with van der Waals surface area (Å²) in [6.45, 7) is 3.37. The van der Waals surface area contributed by atoms with Crippen molar-refractivity contribution in [2.45, 2.75) is 45.1 Å². The van der Waals surface area contributed by atoms with Crippen LogP contribution in [0.25, 0.3) is 0 Å². The third-order valence-electron chi connectivity index (χ3n) is 3.25. The lowest BCUT2D eigenvalue weighted by Crippen LogP contribution is -2.44. The second kappa shape index (κ2) is 6.24. The van der Waals surface area contributed by atoms with Crippen molar-refractivity contribution in [3.63, 3.8) is 0 Å². The molecule has 1 saturated heterocycles. The fourth-order valence-corrected chi connectivity index (χ4v) is 1.85. The Morgan fingerprint density at radius 3 is 2.62 bits per heavy atom. The van der Waals surface area contributed by atoms with E-state index in [1.54, 1.807) is 13.8 Å². The minimum absolute atomic E-state index is 0.166. The summed E-state index contributed by atoms with van der Waals surface area (Å²) in [7, 11) is 0. The molecule has 0 bridgehead atoms. The number of aliphatic hydroxyl groups excluding tert-OH is 1. The van der Waals surface area contributed by atoms with Gasteiger partial charge in [0.2, 0.25) is 0 Å². The van der Waals surface area contributed by atoms with Gasteiger partial charge in [-0.3, -0.25) is 4.79 Å². The van der Waals surface area contributed by atoms with Crippen LogP contribution in [0.2, 0.25) is 0 Å². The number of hydroxylamine groups is 2. The molecular formula is C15H19NO5. The molecule has 1 aliphatic rings. The lowest BCUT2D eigenvalue weighted by molar-refractivity contribution is -0.235. The van der Waals surface area contributed by atoms with Crippen LogP contribution in [0.15, 0.2) is 30.3 Å². The Morgan fingerprint density at radius 2 is 2.05 bits per heavy atom. The highest BCUT2D eigenvalue weighted by Gasteiger charge is 2.38. The molecular weight excluding hydrogens is 274 g/mol. The lowest BCUT2D eigenvalue weighted by Gasteiger charge is -2.26. The first kappa shape index (κ1) is 15.5. The maximum atomic E-state index is 12.1. The van der Waals surface area contributed by atoms with Gasteiger partial charge in [0.05, 0.1) is 6.61 Å². The van der Waals surface area contributed by atoms with E-state index in [4.69, 9.17) is 9.57 Å². The first-order valence-electron chi connectivity index (χ1n) is 6.80. The third kappa shape index (κ3) is 3.80. The van der Waals surface area contributed by atoms with Crippen molar-refractivity contribution in [3.8, 4) is 0 Å². The maximum absolute atomic E-state index is 12.1. The molecule has 1 aliphatic heterocycles. The van der Waals surface area contributed by atoms with E-state index < -0.39 is 23.7 Å². The number of benzene rings is 1. The summed E-state index contributed by atoms with van der Waals surface area (Å²) >= 11 is 0. The smallest absolute Gasteiger partial charge is 0.363 e. The highest BCUT2D eigenvalue weighted by Crippen LogP contribution is 2.21. The molecule has 0 aliphatic carbocycles. The Kier molecular flexibility index (Phi) is 4.59. The summed E-state index contributed by atoms with van der Waals surface area (Å²) < 4.78 is 5.56. The molecule has 6 nitrogen and oxygen atoms in total. The number of amides is 1. The van der Waals surface area contributed by atoms with Gasteiger partial charge in [-0.1, -0.05) is 30.3 Å². The minimum Gasteiger partial charge on any atom is -0.370 e. The van der Waals surface area contributed by atoms with Gasteiger partial charge in [-0.15, -0.1) is 5.06 Å². The molecule has 1 unspecified atom stereocenters. The first-order valence-corrected chi connectivity index (χ1v) is 6.80. The van der Waals surface area contributed by atoms with E-state index in [1.165, 1.54) is 0 Å². The zero-order valence-electron chi connectivity index (χ0n) is 12.1. The number of hydrogen-bond acceptors (Lipinski definition) is 5. The quantitative estimate of drug-likeness (QED) is 0.887. The van der Waals surface area contributed by atoms with Gasteiger partial charge in [0, 0.05) is 12.8 Å². The lowest BCUT2D eigenvalue weighted by atomic mass is 10.1. The van der Waals surface area contributed by atoms with Crippen molar-refractivity contribution in [1.82, 2.24) is 5.06 Å². The Bertz CT molecular complexity index is 514. The van der Waals surface area contributed by atoms with Gasteiger partial charge in [-0.25, -0.2) is 4.79 Å². The molecule has 1 atom stereocenters. The predicted molar refractivity (Wildman–Crippen MR) is 73.5 cm³/mol. The average Bonchev–Trinajstić information content (AvgIpc) is 2.78. The summed E-state index contributed by atoms with van der Waals surface area (Å²) in [5.41, 5.74) is -0.297. The van der Waals surface area contributed by atoms with Crippen LogP contribution in [0, 0.1) is 0 Å². The van der Waals surface area contributed by atoms with Crippen LogP contribution in [0.4, 0.5) is 0 Å². The van der Waals surface area contributed by atoms with Crippen LogP contribution in [-0.2, 0) is 25.8 Å². The monoisotopic (exact) mass is 293 g/mol. The van der Waals surface area contributed by atoms with Crippen LogP contribution >= 0.6 is 0 Å². The second-order valence-electron chi connectivity index (χ2n) is 5.40. The Labute approximate surface area is 123 Å². The fraction of sp³-hybridized carbons (Fsp3) is 0.467. The van der Waals surface area contributed by atoms with E-state index in [-0.39, 0.29) is 19.4 Å². The molecule has 1 aromatic rings. The summed E-state index contributed by atoms with van der Waals surface area (Å²) in [6, 6.07) is 9.42. The number of carbonyl (C=O) groups is 2. The first-order chi connectivity index (χ1) is 9.90. The number of ether oxygens (including phenoxy) is 1. The van der Waals surface area contributed by atoms with E-state index in [1.807, 2.05) is 30.3 Å². The van der Waals surface area contributed by atoms with E-state index in [0.29, 0.717) is 0 Å². The predicted octanol–water partition coefficient (Wildman–Crippen LogP) is 1.38. The Morgan fingerprint density at radius 1 is 1.38 bits per heavy atom. The zero-order valence-corrected chi connectivity index (χ0v) is 12.1. The molecule has 2 rings (SSSR count). The van der Waals surface area contributed by atoms with Gasteiger partial charge in [0.15, 0.2) is 11.8 Å². The van der Waals surface area contributed by atoms with Crippen molar-refractivity contribution in [2.24, 2.45) is 0 Å². The van der Waals surface area contributed by atoms with Crippen molar-refractivity contribution < 1.29 is 24.3 Å². The normalized spacial score (nSPS) is 18.9. The van der Waals surface area contributed by atoms with E-state index in [2.05, 4.69) is 0 Å². The van der Waals surface area contributed by atoms with Crippen molar-refractivity contribution in [2.75, 3.05) is 0 Å². The number of rotatable bonds is 5. The molecule has 0 aromatic heterocycles. The molecule has 1 aromatic carbocycles. The Balaban J connectivity index is 1.92. The number of nitrogens with zero attached hydrogens (tertiary/aromatic N) is 1. The van der Waals surface area contributed by atoms with Gasteiger partial charge in [-0.2, -0.15) is 0 Å². The largest absolute Gasteiger partial charge is 0.370 e. The van der Waals surface area contributed by atoms with Crippen molar-refractivity contribution in [3.05, 3.63) is 35.9 Å². The molecule has 1 heterocycles. The molecule has 6 heteroatoms. The molecule has 1 N–H and O–H groups in total. The summed E-state index contributed by atoms with van der Waals surface area (Å²) in [5, 5.41) is 10.3. The standard InChI is InChI=1S/C15H19NO5/c1-15(2,20-10-11-6-4-3-5-7-11)14(19)21-16-12(17)8-9-13(16)18/h3-7,12,17H,8-10H2,1-2H3. The SMILES string of the molecule is CC(C)(OCc1ccccc1)C(=O)ON1C(=O)CCC1O. The van der Waals surface area contributed by atoms with Crippen LogP contribution in [0.3, 0.4) is 0 Å². The van der Waals surface area contributed by atoms with Crippen LogP contribution in [0.1, 0.15) is 32.3 Å². The number of carbonyl (C=O) groups excluding carboxylic acids is 2. The fourth-order valence-electron chi connectivity index (χ4n) is 1.85. The Hall–Kier alpha value is -1.92. The minimum atomic E-state index is -1.22. The van der Waals surface area contributed by atoms with Crippen molar-refractivity contribution in [1.29, 1.82) is 0 Å². The molecule has 1 amide bonds. The summed E-state index contributed by atoms with van der Waals surface area (Å²) in [6.07, 6.45) is -0.650. The number of hydrogen-bond donors (Lipinski definition) is 1. The van der Waals surface area contributed by atoms with E-state index >= 15 is 0 Å². The molecule has 0 saturated carbocycles. The van der Waals surface area contributed by atoms with E-state index in [9.17, 15) is 14.7 Å². The second-order valence-corrected chi connectivity index (χ2v) is 5.40. The highest BCUT2D eigenvalue weighted by molar-refractivity contribution is 5.82. The summed E-state index contributed by atoms with van der Waals surface area (Å²) in [5.74, 6) is -1.12. The maximum Gasteiger partial charge on any atom is 0.363 e. The highest BCUT2D eigenvalue weighted by atomic mass is 16.7. The molecule has 114 valence electrons. The summed E-state index contributed by atoms with van der Waals surface area (Å²) in [4.78, 5) is 28.5. The molecule has 1 fully saturated rings. The zero-order chi connectivity index (χ0) is 15.5. The molecule has 0 spiro atoms. The number of aliphatic hydroxyl groups is 1. The van der Waals surface area contributed by atoms with Gasteiger partial charge < -0.3 is 14.7 Å². The third-order valence-corrected chi connectivity index (χ3v) is 3.25. The van der Waals surface area contributed by atoms with Gasteiger partial charge in [0.1, 0.15) is 0 Å². The topological polar surface area (TPSA) is 76.1 Å². The molecule has 0 radical (unpaired) electrons. The van der Waals surface area contributed by atoms with Gasteiger partial charge in [0.25, 0.3) is 5.91 Å². The van der Waals surface area contributed by atoms with Crippen molar-refractivity contribution >= 4 is 11.9 Å². The average molecular weight is 293 g/mol. The van der Waals surface area contributed by atoms with E-state index in [0.717, 1.165) is 10.6 Å². The van der Waals surface area contributed by atoms with Gasteiger partial charge >= 0.3 is 5.97 Å². The van der Waals surface area contributed by atoms with Crippen LogP contribution < -0.4 is 0 Å². The van der Waals surface area contributed by atoms with Gasteiger partial charge in [-0.05, 0) is 19.4 Å².